The Morgan fingerprint density at radius 3 is 2.95 bits per heavy atom. The predicted molar refractivity (Wildman–Crippen MR) is 83.7 cm³/mol. The van der Waals surface area contributed by atoms with Crippen molar-refractivity contribution in [3.05, 3.63) is 29.8 Å². The Morgan fingerprint density at radius 1 is 1.45 bits per heavy atom. The number of aliphatic carboxylic acids is 1. The fraction of sp³-hybridized carbons (Fsp3) is 0.333. The Hall–Kier alpha value is -0.963. The molecule has 1 saturated heterocycles. The zero-order valence-corrected chi connectivity index (χ0v) is 13.1. The van der Waals surface area contributed by atoms with Crippen molar-refractivity contribution < 1.29 is 15.0 Å². The highest BCUT2D eigenvalue weighted by Gasteiger charge is 2.38. The molecule has 3 N–H and O–H groups in total. The predicted octanol–water partition coefficient (Wildman–Crippen LogP) is 1.07. The van der Waals surface area contributed by atoms with E-state index in [1.54, 1.807) is 35.7 Å². The molecule has 0 spiro atoms. The fourth-order valence-corrected chi connectivity index (χ4v) is 8.62. The molecule has 2 aliphatic heterocycles. The van der Waals surface area contributed by atoms with Crippen LogP contribution in [-0.2, 0) is 4.79 Å². The number of nitrogens with zero attached hydrogens (tertiary/aromatic N) is 1. The van der Waals surface area contributed by atoms with Crippen LogP contribution in [0.3, 0.4) is 0 Å². The van der Waals surface area contributed by atoms with Gasteiger partial charge in [0.1, 0.15) is 11.8 Å². The van der Waals surface area contributed by atoms with Gasteiger partial charge in [0.05, 0.1) is 10.0 Å². The highest BCUT2D eigenvalue weighted by Crippen LogP contribution is 2.31. The number of carboxylic acid groups (broad SMARTS) is 1. The number of carbonyl (C=O) groups is 1. The van der Waals surface area contributed by atoms with Gasteiger partial charge in [-0.3, -0.25) is 10.1 Å². The molecule has 0 bridgehead atoms. The Morgan fingerprint density at radius 2 is 2.25 bits per heavy atom. The highest BCUT2D eigenvalue weighted by molar-refractivity contribution is 8.16. The van der Waals surface area contributed by atoms with E-state index < -0.39 is 21.0 Å². The largest absolute Gasteiger partial charge is 0.507 e. The number of nitrogens with one attached hydrogen (secondary N) is 1. The van der Waals surface area contributed by atoms with E-state index in [1.807, 2.05) is 12.1 Å². The maximum Gasteiger partial charge on any atom is 0.321 e. The molecule has 8 heteroatoms. The van der Waals surface area contributed by atoms with Gasteiger partial charge in [-0.2, -0.15) is 0 Å². The van der Waals surface area contributed by atoms with Gasteiger partial charge in [0.25, 0.3) is 0 Å². The zero-order chi connectivity index (χ0) is 14.1. The molecule has 0 amide bonds. The van der Waals surface area contributed by atoms with Crippen LogP contribution in [0.1, 0.15) is 5.56 Å². The maximum absolute atomic E-state index is 11.0. The smallest absolute Gasteiger partial charge is 0.321 e. The second-order valence-electron chi connectivity index (χ2n) is 4.48. The molecule has 0 unspecified atom stereocenters. The summed E-state index contributed by atoms with van der Waals surface area (Å²) in [6.07, 6.45) is 0. The normalized spacial score (nSPS) is 26.7. The molecule has 0 saturated carbocycles. The van der Waals surface area contributed by atoms with Gasteiger partial charge in [-0.1, -0.05) is 12.1 Å². The van der Waals surface area contributed by atoms with Crippen LogP contribution in [-0.4, -0.2) is 52.4 Å². The van der Waals surface area contributed by atoms with Crippen LogP contribution in [0.15, 0.2) is 28.9 Å². The third-order valence-electron chi connectivity index (χ3n) is 3.12. The summed E-state index contributed by atoms with van der Waals surface area (Å²) >= 11 is 3.30. The van der Waals surface area contributed by atoms with Crippen molar-refractivity contribution in [1.29, 1.82) is 0 Å². The summed E-state index contributed by atoms with van der Waals surface area (Å²) in [7, 11) is -1.04. The van der Waals surface area contributed by atoms with Gasteiger partial charge < -0.3 is 14.9 Å². The minimum atomic E-state index is -1.04. The Kier molecular flexibility index (Phi) is 4.06. The molecule has 1 fully saturated rings. The van der Waals surface area contributed by atoms with Crippen molar-refractivity contribution >= 4 is 43.5 Å². The van der Waals surface area contributed by atoms with Crippen LogP contribution >= 0.6 is 23.5 Å². The third-order valence-corrected chi connectivity index (χ3v) is 9.22. The number of rotatable bonds is 3. The van der Waals surface area contributed by atoms with Crippen molar-refractivity contribution in [3.63, 3.8) is 0 Å². The third kappa shape index (κ3) is 2.73. The lowest BCUT2D eigenvalue weighted by atomic mass is 10.2. The standard InChI is InChI=1S/C12H13N2O3S2Si/c15-9-4-2-1-3-7(9)10-14-20(6-19-10)12-13-8(5-18-12)11(16)17/h1-4,8,12-13,15H,5-6H2,(H,16,17)/t8-,12+/m1/s1. The average molecular weight is 325 g/mol. The lowest BCUT2D eigenvalue weighted by Gasteiger charge is -2.12. The van der Waals surface area contributed by atoms with Crippen LogP contribution < -0.4 is 5.32 Å². The summed E-state index contributed by atoms with van der Waals surface area (Å²) in [4.78, 5) is 11.1. The number of hydrogen-bond acceptors (Lipinski definition) is 6. The first-order valence-corrected chi connectivity index (χ1v) is 9.88. The van der Waals surface area contributed by atoms with E-state index in [4.69, 9.17) is 9.76 Å². The van der Waals surface area contributed by atoms with E-state index >= 15 is 0 Å². The second-order valence-corrected chi connectivity index (χ2v) is 9.66. The van der Waals surface area contributed by atoms with Crippen molar-refractivity contribution in [2.24, 2.45) is 4.66 Å². The van der Waals surface area contributed by atoms with E-state index in [2.05, 4.69) is 5.32 Å². The van der Waals surface area contributed by atoms with Crippen molar-refractivity contribution in [3.8, 4) is 5.75 Å². The second kappa shape index (κ2) is 5.80. The summed E-state index contributed by atoms with van der Waals surface area (Å²) in [5.74, 6) is 0.0518. The minimum Gasteiger partial charge on any atom is -0.507 e. The zero-order valence-electron chi connectivity index (χ0n) is 10.4. The lowest BCUT2D eigenvalue weighted by molar-refractivity contribution is -0.138. The molecular formula is C12H13N2O3S2Si. The van der Waals surface area contributed by atoms with Crippen LogP contribution in [0.2, 0.25) is 0 Å². The number of thioether (sulfide) groups is 2. The van der Waals surface area contributed by atoms with E-state index in [9.17, 15) is 9.90 Å². The molecule has 1 aromatic carbocycles. The minimum absolute atomic E-state index is 0.136. The number of para-hydroxylation sites is 1. The van der Waals surface area contributed by atoms with Gasteiger partial charge in [0.2, 0.25) is 8.96 Å². The first-order chi connectivity index (χ1) is 9.65. The van der Waals surface area contributed by atoms with E-state index in [0.29, 0.717) is 5.75 Å². The summed E-state index contributed by atoms with van der Waals surface area (Å²) in [6, 6.07) is 6.73. The lowest BCUT2D eigenvalue weighted by Crippen LogP contribution is -2.43. The fourth-order valence-electron chi connectivity index (χ4n) is 2.07. The molecule has 105 valence electrons. The van der Waals surface area contributed by atoms with E-state index in [-0.39, 0.29) is 10.7 Å². The van der Waals surface area contributed by atoms with Crippen LogP contribution in [0.25, 0.3) is 0 Å². The highest BCUT2D eigenvalue weighted by atomic mass is 32.2. The molecule has 1 radical (unpaired) electrons. The Labute approximate surface area is 126 Å². The summed E-state index contributed by atoms with van der Waals surface area (Å²) in [6.45, 7) is 0. The van der Waals surface area contributed by atoms with Crippen LogP contribution in [0, 0.1) is 0 Å². The number of phenolic OH excluding ortho intramolecular Hbond substituents is 1. The molecule has 2 atom stereocenters. The average Bonchev–Trinajstić information content (AvgIpc) is 3.08. The first-order valence-electron chi connectivity index (χ1n) is 6.11. The molecule has 2 aliphatic rings. The number of phenols is 1. The first kappa shape index (κ1) is 14.0. The SMILES string of the molecule is O=C(O)[C@H]1CS[C@@H]([Si]2CSC(c3ccccc3O)=N2)N1. The number of carboxylic acids is 1. The molecule has 3 rings (SSSR count). The van der Waals surface area contributed by atoms with Gasteiger partial charge in [0, 0.05) is 16.7 Å². The van der Waals surface area contributed by atoms with Crippen molar-refractivity contribution in [2.45, 2.75) is 11.0 Å². The van der Waals surface area contributed by atoms with Gasteiger partial charge in [-0.05, 0) is 12.1 Å². The van der Waals surface area contributed by atoms with Gasteiger partial charge in [-0.15, -0.1) is 23.5 Å². The van der Waals surface area contributed by atoms with Gasteiger partial charge >= 0.3 is 5.97 Å². The number of benzene rings is 1. The summed E-state index contributed by atoms with van der Waals surface area (Å²) < 4.78 is 4.74. The molecule has 20 heavy (non-hydrogen) atoms. The van der Waals surface area contributed by atoms with Crippen molar-refractivity contribution in [1.82, 2.24) is 5.32 Å². The van der Waals surface area contributed by atoms with E-state index in [0.717, 1.165) is 16.0 Å². The monoisotopic (exact) mass is 325 g/mol. The van der Waals surface area contributed by atoms with E-state index in [1.165, 1.54) is 0 Å². The molecule has 5 nitrogen and oxygen atoms in total. The maximum atomic E-state index is 11.0. The molecule has 0 aromatic heterocycles. The van der Waals surface area contributed by atoms with Crippen LogP contribution in [0.5, 0.6) is 5.75 Å². The van der Waals surface area contributed by atoms with Crippen LogP contribution in [0.4, 0.5) is 0 Å². The summed E-state index contributed by atoms with van der Waals surface area (Å²) in [5.41, 5.74) is 0.773. The Bertz CT molecular complexity index is 569. The Balaban J connectivity index is 1.73. The van der Waals surface area contributed by atoms with Crippen molar-refractivity contribution in [2.75, 3.05) is 11.1 Å². The molecule has 2 heterocycles. The topological polar surface area (TPSA) is 81.9 Å². The molecule has 1 aromatic rings. The van der Waals surface area contributed by atoms with Gasteiger partial charge in [-0.25, -0.2) is 0 Å². The molecular weight excluding hydrogens is 312 g/mol. The molecule has 0 aliphatic carbocycles. The number of hydrogen-bond donors (Lipinski definition) is 3. The number of aromatic hydroxyl groups is 1. The van der Waals surface area contributed by atoms with Gasteiger partial charge in [0.15, 0.2) is 0 Å². The summed E-state index contributed by atoms with van der Waals surface area (Å²) in [5, 5.41) is 23.8. The quantitative estimate of drug-likeness (QED) is 0.721.